The van der Waals surface area contributed by atoms with Gasteiger partial charge in [-0.25, -0.2) is 0 Å². The number of benzene rings is 1. The van der Waals surface area contributed by atoms with Gasteiger partial charge >= 0.3 is 0 Å². The smallest absolute Gasteiger partial charge is 0.0366 e. The van der Waals surface area contributed by atoms with Crippen molar-refractivity contribution in [2.75, 3.05) is 18.0 Å². The molecule has 1 heteroatoms. The van der Waals surface area contributed by atoms with Gasteiger partial charge in [0.05, 0.1) is 0 Å². The van der Waals surface area contributed by atoms with Crippen LogP contribution < -0.4 is 4.90 Å². The summed E-state index contributed by atoms with van der Waals surface area (Å²) in [4.78, 5) is 2.44. The maximum absolute atomic E-state index is 2.44. The Kier molecular flexibility index (Phi) is 3.15. The maximum Gasteiger partial charge on any atom is 0.0366 e. The molecule has 0 N–H and O–H groups in total. The lowest BCUT2D eigenvalue weighted by Crippen LogP contribution is -2.16. The summed E-state index contributed by atoms with van der Waals surface area (Å²) in [5.74, 6) is 0. The van der Waals surface area contributed by atoms with E-state index in [9.17, 15) is 0 Å². The molecule has 0 amide bonds. The van der Waals surface area contributed by atoms with Crippen molar-refractivity contribution < 1.29 is 0 Å². The minimum Gasteiger partial charge on any atom is -0.372 e. The van der Waals surface area contributed by atoms with Gasteiger partial charge in [-0.05, 0) is 25.0 Å². The average Bonchev–Trinajstić information content (AvgIpc) is 2.58. The van der Waals surface area contributed by atoms with Gasteiger partial charge in [0.2, 0.25) is 0 Å². The lowest BCUT2D eigenvalue weighted by atomic mass is 10.3. The summed E-state index contributed by atoms with van der Waals surface area (Å²) in [6, 6.07) is 10.7. The third-order valence-electron chi connectivity index (χ3n) is 2.23. The molecule has 1 aliphatic heterocycles. The third-order valence-corrected chi connectivity index (χ3v) is 2.23. The zero-order chi connectivity index (χ0) is 7.52. The summed E-state index contributed by atoms with van der Waals surface area (Å²) in [6.07, 6.45) is 2.71. The first kappa shape index (κ1) is 9.11. The van der Waals surface area contributed by atoms with Gasteiger partial charge in [-0.3, -0.25) is 0 Å². The van der Waals surface area contributed by atoms with Gasteiger partial charge in [-0.15, -0.1) is 0 Å². The highest BCUT2D eigenvalue weighted by molar-refractivity contribution is 5.46. The van der Waals surface area contributed by atoms with E-state index in [-0.39, 0.29) is 7.43 Å². The zero-order valence-corrected chi connectivity index (χ0v) is 6.66. The molecule has 0 radical (unpaired) electrons. The van der Waals surface area contributed by atoms with E-state index >= 15 is 0 Å². The SMILES string of the molecule is C.c1ccc(N2CCCC2)cc1. The molecule has 0 spiro atoms. The second kappa shape index (κ2) is 4.15. The Morgan fingerprint density at radius 1 is 0.917 bits per heavy atom. The van der Waals surface area contributed by atoms with Crippen LogP contribution in [0.3, 0.4) is 0 Å². The predicted octanol–water partition coefficient (Wildman–Crippen LogP) is 2.92. The van der Waals surface area contributed by atoms with Gasteiger partial charge in [0.15, 0.2) is 0 Å². The molecular weight excluding hydrogens is 146 g/mol. The van der Waals surface area contributed by atoms with E-state index in [1.165, 1.54) is 31.6 Å². The monoisotopic (exact) mass is 163 g/mol. The average molecular weight is 163 g/mol. The second-order valence-corrected chi connectivity index (χ2v) is 3.03. The fourth-order valence-corrected chi connectivity index (χ4v) is 1.61. The van der Waals surface area contributed by atoms with Gasteiger partial charge in [0.25, 0.3) is 0 Å². The van der Waals surface area contributed by atoms with Gasteiger partial charge < -0.3 is 4.90 Å². The molecule has 1 aromatic rings. The van der Waals surface area contributed by atoms with Gasteiger partial charge in [-0.2, -0.15) is 0 Å². The van der Waals surface area contributed by atoms with Gasteiger partial charge in [-0.1, -0.05) is 25.6 Å². The van der Waals surface area contributed by atoms with E-state index in [2.05, 4.69) is 35.2 Å². The van der Waals surface area contributed by atoms with E-state index in [4.69, 9.17) is 0 Å². The zero-order valence-electron chi connectivity index (χ0n) is 6.66. The number of nitrogens with zero attached hydrogens (tertiary/aromatic N) is 1. The van der Waals surface area contributed by atoms with E-state index in [1.807, 2.05) is 0 Å². The normalized spacial score (nSPS) is 15.8. The van der Waals surface area contributed by atoms with E-state index < -0.39 is 0 Å². The Labute approximate surface area is 75.0 Å². The topological polar surface area (TPSA) is 3.24 Å². The lowest BCUT2D eigenvalue weighted by molar-refractivity contribution is 0.949. The Balaban J connectivity index is 0.000000720. The molecule has 2 rings (SSSR count). The predicted molar refractivity (Wildman–Crippen MR) is 54.6 cm³/mol. The summed E-state index contributed by atoms with van der Waals surface area (Å²) in [7, 11) is 0. The van der Waals surface area contributed by atoms with Crippen LogP contribution in [-0.4, -0.2) is 13.1 Å². The number of hydrogen-bond donors (Lipinski definition) is 0. The van der Waals surface area contributed by atoms with Crippen LogP contribution in [0.15, 0.2) is 30.3 Å². The van der Waals surface area contributed by atoms with Crippen LogP contribution in [0.25, 0.3) is 0 Å². The van der Waals surface area contributed by atoms with Crippen LogP contribution in [0.1, 0.15) is 20.3 Å². The highest BCUT2D eigenvalue weighted by atomic mass is 15.1. The van der Waals surface area contributed by atoms with Crippen molar-refractivity contribution in [1.82, 2.24) is 0 Å². The first-order chi connectivity index (χ1) is 5.47. The molecule has 0 aromatic heterocycles. The first-order valence-electron chi connectivity index (χ1n) is 4.27. The number of para-hydroxylation sites is 1. The number of anilines is 1. The molecular formula is C11H17N. The highest BCUT2D eigenvalue weighted by Gasteiger charge is 2.10. The van der Waals surface area contributed by atoms with Crippen LogP contribution in [0.2, 0.25) is 0 Å². The van der Waals surface area contributed by atoms with E-state index in [0.29, 0.717) is 0 Å². The molecule has 1 aliphatic rings. The van der Waals surface area contributed by atoms with Crippen LogP contribution in [0.4, 0.5) is 5.69 Å². The highest BCUT2D eigenvalue weighted by Crippen LogP contribution is 2.18. The maximum atomic E-state index is 2.44. The van der Waals surface area contributed by atoms with Crippen molar-refractivity contribution in [3.63, 3.8) is 0 Å². The molecule has 66 valence electrons. The first-order valence-corrected chi connectivity index (χ1v) is 4.27. The summed E-state index contributed by atoms with van der Waals surface area (Å²) >= 11 is 0. The lowest BCUT2D eigenvalue weighted by Gasteiger charge is -2.16. The van der Waals surface area contributed by atoms with E-state index in [1.54, 1.807) is 0 Å². The quantitative estimate of drug-likeness (QED) is 0.615. The molecule has 1 nitrogen and oxygen atoms in total. The Morgan fingerprint density at radius 2 is 1.50 bits per heavy atom. The standard InChI is InChI=1S/C10H13N.CH4/c1-2-6-10(7-3-1)11-8-4-5-9-11;/h1-3,6-7H,4-5,8-9H2;1H4. The summed E-state index contributed by atoms with van der Waals surface area (Å²) in [6.45, 7) is 2.48. The molecule has 0 aliphatic carbocycles. The third kappa shape index (κ3) is 1.79. The van der Waals surface area contributed by atoms with Crippen molar-refractivity contribution in [1.29, 1.82) is 0 Å². The van der Waals surface area contributed by atoms with Gasteiger partial charge in [0.1, 0.15) is 0 Å². The molecule has 0 unspecified atom stereocenters. The number of hydrogen-bond acceptors (Lipinski definition) is 1. The molecule has 12 heavy (non-hydrogen) atoms. The summed E-state index contributed by atoms with van der Waals surface area (Å²) in [5.41, 5.74) is 1.38. The summed E-state index contributed by atoms with van der Waals surface area (Å²) in [5, 5.41) is 0. The fourth-order valence-electron chi connectivity index (χ4n) is 1.61. The van der Waals surface area contributed by atoms with Crippen LogP contribution in [0.5, 0.6) is 0 Å². The molecule has 1 heterocycles. The molecule has 0 atom stereocenters. The van der Waals surface area contributed by atoms with Crippen molar-refractivity contribution in [3.8, 4) is 0 Å². The summed E-state index contributed by atoms with van der Waals surface area (Å²) < 4.78 is 0. The Hall–Kier alpha value is -0.980. The fraction of sp³-hybridized carbons (Fsp3) is 0.455. The number of rotatable bonds is 1. The van der Waals surface area contributed by atoms with E-state index in [0.717, 1.165) is 0 Å². The minimum absolute atomic E-state index is 0. The van der Waals surface area contributed by atoms with Crippen LogP contribution in [-0.2, 0) is 0 Å². The molecule has 0 bridgehead atoms. The Bertz CT molecular complexity index is 212. The van der Waals surface area contributed by atoms with Crippen LogP contribution in [0, 0.1) is 0 Å². The van der Waals surface area contributed by atoms with Crippen molar-refractivity contribution in [3.05, 3.63) is 30.3 Å². The molecule has 1 aromatic carbocycles. The van der Waals surface area contributed by atoms with Crippen molar-refractivity contribution >= 4 is 5.69 Å². The van der Waals surface area contributed by atoms with Crippen molar-refractivity contribution in [2.45, 2.75) is 20.3 Å². The van der Waals surface area contributed by atoms with Gasteiger partial charge in [0, 0.05) is 18.8 Å². The molecule has 0 saturated carbocycles. The largest absolute Gasteiger partial charge is 0.372 e. The van der Waals surface area contributed by atoms with Crippen LogP contribution >= 0.6 is 0 Å². The van der Waals surface area contributed by atoms with Crippen molar-refractivity contribution in [2.24, 2.45) is 0 Å². The molecule has 1 saturated heterocycles. The second-order valence-electron chi connectivity index (χ2n) is 3.03. The molecule has 1 fully saturated rings. The Morgan fingerprint density at radius 3 is 2.08 bits per heavy atom. The minimum atomic E-state index is 0.